The summed E-state index contributed by atoms with van der Waals surface area (Å²) < 4.78 is 5.16. The van der Waals surface area contributed by atoms with E-state index in [-0.39, 0.29) is 12.1 Å². The second-order valence-electron chi connectivity index (χ2n) is 4.58. The summed E-state index contributed by atoms with van der Waals surface area (Å²) in [5.74, 6) is 0.113. The van der Waals surface area contributed by atoms with E-state index in [4.69, 9.17) is 4.42 Å². The van der Waals surface area contributed by atoms with Gasteiger partial charge in [0.15, 0.2) is 0 Å². The number of para-hydroxylation sites is 1. The van der Waals surface area contributed by atoms with Crippen molar-refractivity contribution in [2.45, 2.75) is 6.54 Å². The molecule has 3 aromatic rings. The summed E-state index contributed by atoms with van der Waals surface area (Å²) in [5.41, 5.74) is -0.198. The van der Waals surface area contributed by atoms with Crippen LogP contribution < -0.4 is 5.63 Å². The number of fused-ring (bicyclic) bond motifs is 1. The third-order valence-electron chi connectivity index (χ3n) is 3.07. The van der Waals surface area contributed by atoms with Gasteiger partial charge in [-0.1, -0.05) is 18.2 Å². The number of nitrogens with zero attached hydrogens (tertiary/aromatic N) is 3. The minimum Gasteiger partial charge on any atom is -0.422 e. The van der Waals surface area contributed by atoms with E-state index in [0.717, 1.165) is 0 Å². The number of hydrogen-bond acceptors (Lipinski definition) is 5. The van der Waals surface area contributed by atoms with E-state index in [1.807, 2.05) is 6.07 Å². The lowest BCUT2D eigenvalue weighted by atomic mass is 10.1. The summed E-state index contributed by atoms with van der Waals surface area (Å²) >= 11 is 0. The van der Waals surface area contributed by atoms with Crippen LogP contribution in [0, 0.1) is 0 Å². The molecule has 1 amide bonds. The Bertz CT molecular complexity index is 839. The van der Waals surface area contributed by atoms with Crippen molar-refractivity contribution >= 4 is 16.9 Å². The normalized spacial score (nSPS) is 10.7. The first-order valence-corrected chi connectivity index (χ1v) is 6.28. The van der Waals surface area contributed by atoms with Gasteiger partial charge in [0.1, 0.15) is 23.3 Å². The van der Waals surface area contributed by atoms with Gasteiger partial charge in [-0.05, 0) is 12.1 Å². The average Bonchev–Trinajstić information content (AvgIpc) is 2.98. The fourth-order valence-corrected chi connectivity index (χ4v) is 2.02. The number of benzene rings is 1. The van der Waals surface area contributed by atoms with E-state index >= 15 is 0 Å². The third-order valence-corrected chi connectivity index (χ3v) is 3.07. The van der Waals surface area contributed by atoms with Crippen LogP contribution in [-0.4, -0.2) is 33.0 Å². The Kier molecular flexibility index (Phi) is 3.23. The molecule has 1 N–H and O–H groups in total. The summed E-state index contributed by atoms with van der Waals surface area (Å²) in [6, 6.07) is 8.59. The van der Waals surface area contributed by atoms with Crippen LogP contribution in [0.2, 0.25) is 0 Å². The highest BCUT2D eigenvalue weighted by Gasteiger charge is 2.18. The molecular formula is C14H12N4O3. The van der Waals surface area contributed by atoms with Gasteiger partial charge in [0, 0.05) is 12.4 Å². The Morgan fingerprint density at radius 1 is 1.38 bits per heavy atom. The van der Waals surface area contributed by atoms with Crippen LogP contribution in [-0.2, 0) is 6.54 Å². The van der Waals surface area contributed by atoms with Crippen molar-refractivity contribution in [3.63, 3.8) is 0 Å². The van der Waals surface area contributed by atoms with Crippen molar-refractivity contribution in [3.8, 4) is 0 Å². The molecule has 0 bridgehead atoms. The van der Waals surface area contributed by atoms with Crippen LogP contribution in [0.1, 0.15) is 16.2 Å². The zero-order valence-electron chi connectivity index (χ0n) is 11.2. The number of aromatic nitrogens is 3. The maximum Gasteiger partial charge on any atom is 0.349 e. The molecule has 7 nitrogen and oxygen atoms in total. The average molecular weight is 284 g/mol. The van der Waals surface area contributed by atoms with Gasteiger partial charge < -0.3 is 9.32 Å². The molecule has 0 unspecified atom stereocenters. The van der Waals surface area contributed by atoms with Gasteiger partial charge in [0.05, 0.1) is 6.54 Å². The Morgan fingerprint density at radius 3 is 2.95 bits per heavy atom. The summed E-state index contributed by atoms with van der Waals surface area (Å²) in [6.45, 7) is 0.227. The highest BCUT2D eigenvalue weighted by Crippen LogP contribution is 2.13. The number of hydrogen-bond donors (Lipinski definition) is 1. The highest BCUT2D eigenvalue weighted by molar-refractivity contribution is 5.96. The summed E-state index contributed by atoms with van der Waals surface area (Å²) in [7, 11) is 1.58. The molecule has 3 rings (SSSR count). The van der Waals surface area contributed by atoms with Gasteiger partial charge in [0.25, 0.3) is 5.91 Å². The zero-order valence-corrected chi connectivity index (χ0v) is 11.2. The van der Waals surface area contributed by atoms with Crippen molar-refractivity contribution in [2.24, 2.45) is 0 Å². The minimum absolute atomic E-state index is 0.00397. The minimum atomic E-state index is -0.650. The predicted octanol–water partition coefficient (Wildman–Crippen LogP) is 1.18. The number of carbonyl (C=O) groups is 1. The molecule has 1 aromatic carbocycles. The number of H-pyrrole nitrogens is 1. The molecule has 0 aliphatic rings. The number of carbonyl (C=O) groups excluding carboxylic acids is 1. The van der Waals surface area contributed by atoms with E-state index in [0.29, 0.717) is 16.8 Å². The number of rotatable bonds is 3. The number of aromatic amines is 1. The molecule has 0 atom stereocenters. The zero-order chi connectivity index (χ0) is 14.8. The Morgan fingerprint density at radius 2 is 2.19 bits per heavy atom. The van der Waals surface area contributed by atoms with Crippen LogP contribution in [0.3, 0.4) is 0 Å². The van der Waals surface area contributed by atoms with Gasteiger partial charge in [-0.3, -0.25) is 9.89 Å². The van der Waals surface area contributed by atoms with Crippen molar-refractivity contribution in [1.82, 2.24) is 20.1 Å². The Labute approximate surface area is 119 Å². The maximum atomic E-state index is 12.3. The van der Waals surface area contributed by atoms with Crippen LogP contribution in [0.4, 0.5) is 0 Å². The number of amides is 1. The molecule has 0 aliphatic heterocycles. The fraction of sp³-hybridized carbons (Fsp3) is 0.143. The quantitative estimate of drug-likeness (QED) is 0.729. The van der Waals surface area contributed by atoms with Crippen LogP contribution in [0.5, 0.6) is 0 Å². The second kappa shape index (κ2) is 5.20. The van der Waals surface area contributed by atoms with E-state index in [9.17, 15) is 9.59 Å². The lowest BCUT2D eigenvalue weighted by molar-refractivity contribution is 0.0777. The van der Waals surface area contributed by atoms with E-state index in [1.165, 1.54) is 11.2 Å². The maximum absolute atomic E-state index is 12.3. The molecule has 2 heterocycles. The molecule has 106 valence electrons. The first-order valence-electron chi connectivity index (χ1n) is 6.28. The molecule has 2 aromatic heterocycles. The second-order valence-corrected chi connectivity index (χ2v) is 4.58. The van der Waals surface area contributed by atoms with Gasteiger partial charge in [0.2, 0.25) is 0 Å². The lowest BCUT2D eigenvalue weighted by Gasteiger charge is -2.14. The van der Waals surface area contributed by atoms with Gasteiger partial charge in [-0.2, -0.15) is 5.10 Å². The molecule has 0 saturated carbocycles. The van der Waals surface area contributed by atoms with Gasteiger partial charge in [-0.25, -0.2) is 9.78 Å². The third kappa shape index (κ3) is 2.53. The summed E-state index contributed by atoms with van der Waals surface area (Å²) in [6.07, 6.45) is 1.36. The van der Waals surface area contributed by atoms with Crippen molar-refractivity contribution < 1.29 is 9.21 Å². The topological polar surface area (TPSA) is 92.1 Å². The smallest absolute Gasteiger partial charge is 0.349 e. The summed E-state index contributed by atoms with van der Waals surface area (Å²) in [5, 5.41) is 7.08. The highest BCUT2D eigenvalue weighted by atomic mass is 16.4. The molecular weight excluding hydrogens is 272 g/mol. The molecule has 0 aliphatic carbocycles. The van der Waals surface area contributed by atoms with Crippen LogP contribution in [0.15, 0.2) is 45.9 Å². The predicted molar refractivity (Wildman–Crippen MR) is 74.7 cm³/mol. The molecule has 0 spiro atoms. The van der Waals surface area contributed by atoms with E-state index < -0.39 is 11.5 Å². The van der Waals surface area contributed by atoms with Crippen molar-refractivity contribution in [1.29, 1.82) is 0 Å². The molecule has 0 radical (unpaired) electrons. The van der Waals surface area contributed by atoms with Crippen LogP contribution >= 0.6 is 0 Å². The lowest BCUT2D eigenvalue weighted by Crippen LogP contribution is -2.30. The fourth-order valence-electron chi connectivity index (χ4n) is 2.02. The van der Waals surface area contributed by atoms with Gasteiger partial charge in [-0.15, -0.1) is 0 Å². The van der Waals surface area contributed by atoms with Gasteiger partial charge >= 0.3 is 5.63 Å². The molecule has 0 fully saturated rings. The first-order chi connectivity index (χ1) is 10.1. The van der Waals surface area contributed by atoms with E-state index in [1.54, 1.807) is 31.3 Å². The van der Waals surface area contributed by atoms with Crippen LogP contribution in [0.25, 0.3) is 11.0 Å². The standard InChI is InChI=1S/C14H12N4O3/c1-18(7-12-15-8-16-17-12)13(19)10-6-9-4-2-3-5-11(9)21-14(10)20/h2-6,8H,7H2,1H3,(H,15,16,17). The monoisotopic (exact) mass is 284 g/mol. The molecule has 7 heteroatoms. The van der Waals surface area contributed by atoms with Crippen molar-refractivity contribution in [3.05, 3.63) is 58.5 Å². The summed E-state index contributed by atoms with van der Waals surface area (Å²) in [4.78, 5) is 29.6. The van der Waals surface area contributed by atoms with E-state index in [2.05, 4.69) is 15.2 Å². The molecule has 21 heavy (non-hydrogen) atoms. The Hall–Kier alpha value is -2.96. The first kappa shape index (κ1) is 13.0. The number of nitrogens with one attached hydrogen (secondary N) is 1. The molecule has 0 saturated heterocycles. The van der Waals surface area contributed by atoms with Crippen molar-refractivity contribution in [2.75, 3.05) is 7.05 Å². The largest absolute Gasteiger partial charge is 0.422 e. The SMILES string of the molecule is CN(Cc1ncn[nH]1)C(=O)c1cc2ccccc2oc1=O. The Balaban J connectivity index is 1.93.